The molecule has 0 aromatic heterocycles. The van der Waals surface area contributed by atoms with Crippen molar-refractivity contribution in [1.29, 1.82) is 0 Å². The van der Waals surface area contributed by atoms with E-state index in [-0.39, 0.29) is 114 Å². The second kappa shape index (κ2) is 16.2. The molecule has 0 saturated heterocycles. The van der Waals surface area contributed by atoms with Gasteiger partial charge in [0.15, 0.2) is 0 Å². The molecule has 0 heterocycles. The summed E-state index contributed by atoms with van der Waals surface area (Å²) in [5.74, 6) is 0. The van der Waals surface area contributed by atoms with Crippen LogP contribution in [0.3, 0.4) is 0 Å². The summed E-state index contributed by atoms with van der Waals surface area (Å²) in [7, 11) is 0. The molecule has 0 radical (unpaired) electrons. The largest absolute Gasteiger partial charge is 2.00 e. The standard InChI is InChI=1S/Ca.H2O.Sr.Zn.4H/h;1H2;;;;;;/q+2;;+2;;4*-1. The Bertz CT molecular complexity index is 16.0. The minimum absolute atomic E-state index is 0. The van der Waals surface area contributed by atoms with Crippen LogP contribution in [-0.2, 0) is 19.5 Å². The van der Waals surface area contributed by atoms with Crippen molar-refractivity contribution in [3.8, 4) is 0 Å². The normalized spacial score (nSPS) is 0. The molecule has 0 bridgehead atoms. The van der Waals surface area contributed by atoms with Crippen molar-refractivity contribution in [2.24, 2.45) is 0 Å². The summed E-state index contributed by atoms with van der Waals surface area (Å²) in [6, 6.07) is 0. The molecule has 0 atom stereocenters. The van der Waals surface area contributed by atoms with Gasteiger partial charge in [0.2, 0.25) is 0 Å². The molecule has 0 spiro atoms. The molecule has 0 rings (SSSR count). The summed E-state index contributed by atoms with van der Waals surface area (Å²) in [6.45, 7) is 0. The topological polar surface area (TPSA) is 31.5 Å². The molecule has 4 heteroatoms. The molecular weight excluding hydrogens is 209 g/mol. The van der Waals surface area contributed by atoms with Gasteiger partial charge in [-0.2, -0.15) is 0 Å². The van der Waals surface area contributed by atoms with Gasteiger partial charge in [0.25, 0.3) is 0 Å². The smallest absolute Gasteiger partial charge is 1.00 e. The van der Waals surface area contributed by atoms with Crippen LogP contribution < -0.4 is 0 Å². The molecule has 0 aliphatic rings. The molecule has 0 aliphatic carbocycles. The molecule has 1 nitrogen and oxygen atoms in total. The van der Waals surface area contributed by atoms with Crippen molar-refractivity contribution in [2.45, 2.75) is 0 Å². The Morgan fingerprint density at radius 1 is 1.25 bits per heavy atom. The summed E-state index contributed by atoms with van der Waals surface area (Å²) in [6.07, 6.45) is 0. The first-order valence-corrected chi connectivity index (χ1v) is 0. The number of hydrogen-bond acceptors (Lipinski definition) is 0. The molecular formula is H6CaOSrZn. The third-order valence-corrected chi connectivity index (χ3v) is 0. The van der Waals surface area contributed by atoms with Crippen molar-refractivity contribution in [3.63, 3.8) is 0 Å². The van der Waals surface area contributed by atoms with E-state index in [0.717, 1.165) is 0 Å². The Morgan fingerprint density at radius 3 is 1.25 bits per heavy atom. The molecule has 0 saturated carbocycles. The Balaban J connectivity index is 0. The Hall–Kier alpha value is 3.32. The average molecular weight is 215 g/mol. The van der Waals surface area contributed by atoms with E-state index in [2.05, 4.69) is 0 Å². The monoisotopic (exact) mass is 214 g/mol. The summed E-state index contributed by atoms with van der Waals surface area (Å²) < 4.78 is 0. The van der Waals surface area contributed by atoms with Crippen LogP contribution in [0.5, 0.6) is 0 Å². The van der Waals surface area contributed by atoms with E-state index in [9.17, 15) is 0 Å². The van der Waals surface area contributed by atoms with Crippen molar-refractivity contribution in [3.05, 3.63) is 0 Å². The van der Waals surface area contributed by atoms with Gasteiger partial charge >= 0.3 is 83.2 Å². The summed E-state index contributed by atoms with van der Waals surface area (Å²) in [4.78, 5) is 0. The van der Waals surface area contributed by atoms with Crippen LogP contribution in [0.2, 0.25) is 0 Å². The van der Waals surface area contributed by atoms with Crippen LogP contribution in [0.1, 0.15) is 5.71 Å². The van der Waals surface area contributed by atoms with E-state index < -0.39 is 0 Å². The van der Waals surface area contributed by atoms with Crippen molar-refractivity contribution >= 4 is 83.2 Å². The van der Waals surface area contributed by atoms with E-state index in [1.165, 1.54) is 0 Å². The number of rotatable bonds is 0. The second-order valence-electron chi connectivity index (χ2n) is 0. The molecule has 0 amide bonds. The maximum atomic E-state index is 0. The summed E-state index contributed by atoms with van der Waals surface area (Å²) >= 11 is 0. The first-order chi connectivity index (χ1) is 0. The van der Waals surface area contributed by atoms with Gasteiger partial charge in [-0.3, -0.25) is 0 Å². The maximum Gasteiger partial charge on any atom is 2.00 e. The van der Waals surface area contributed by atoms with Crippen LogP contribution in [0.4, 0.5) is 0 Å². The van der Waals surface area contributed by atoms with Gasteiger partial charge in [-0.25, -0.2) is 0 Å². The molecule has 0 unspecified atom stereocenters. The van der Waals surface area contributed by atoms with Gasteiger partial charge in [-0.1, -0.05) is 0 Å². The van der Waals surface area contributed by atoms with E-state index >= 15 is 0 Å². The van der Waals surface area contributed by atoms with Crippen molar-refractivity contribution in [1.82, 2.24) is 0 Å². The van der Waals surface area contributed by atoms with Gasteiger partial charge in [0.05, 0.1) is 0 Å². The predicted molar refractivity (Wildman–Crippen MR) is 19.6 cm³/mol. The molecule has 2 N–H and O–H groups in total. The predicted octanol–water partition coefficient (Wildman–Crippen LogP) is -1.14. The van der Waals surface area contributed by atoms with Crippen LogP contribution in [-0.4, -0.2) is 88.7 Å². The van der Waals surface area contributed by atoms with Gasteiger partial charge in [0.1, 0.15) is 0 Å². The maximum absolute atomic E-state index is 0. The number of hydrogen-bond donors (Lipinski definition) is 0. The van der Waals surface area contributed by atoms with Crippen LogP contribution in [0.15, 0.2) is 0 Å². The zero-order chi connectivity index (χ0) is 0. The Morgan fingerprint density at radius 2 is 1.25 bits per heavy atom. The SMILES string of the molecule is O.[Ca+2].[H-].[H-].[H-].[H-].[Sr+2].[Zn]. The minimum Gasteiger partial charge on any atom is -1.00 e. The van der Waals surface area contributed by atoms with Gasteiger partial charge < -0.3 is 11.2 Å². The zero-order valence-corrected chi connectivity index (χ0v) is 11.3. The van der Waals surface area contributed by atoms with E-state index in [1.54, 1.807) is 0 Å². The molecule has 0 aromatic rings. The second-order valence-corrected chi connectivity index (χ2v) is 0. The minimum atomic E-state index is 0. The summed E-state index contributed by atoms with van der Waals surface area (Å²) in [5, 5.41) is 0. The fourth-order valence-electron chi connectivity index (χ4n) is 0. The molecule has 0 aromatic carbocycles. The zero-order valence-electron chi connectivity index (χ0n) is 6.62. The fourth-order valence-corrected chi connectivity index (χ4v) is 0. The Kier molecular flexibility index (Phi) is 108. The van der Waals surface area contributed by atoms with E-state index in [4.69, 9.17) is 0 Å². The van der Waals surface area contributed by atoms with E-state index in [0.29, 0.717) is 0 Å². The van der Waals surface area contributed by atoms with Crippen molar-refractivity contribution < 1.29 is 30.7 Å². The molecule has 18 valence electrons. The quantitative estimate of drug-likeness (QED) is 0.457. The average Bonchev–Trinajstić information content (AvgIpc) is 0. The van der Waals surface area contributed by atoms with Gasteiger partial charge in [0, 0.05) is 19.5 Å². The summed E-state index contributed by atoms with van der Waals surface area (Å²) in [5.41, 5.74) is 0. The Labute approximate surface area is 111 Å². The van der Waals surface area contributed by atoms with Crippen LogP contribution in [0, 0.1) is 0 Å². The van der Waals surface area contributed by atoms with Crippen LogP contribution >= 0.6 is 0 Å². The van der Waals surface area contributed by atoms with Gasteiger partial charge in [-0.15, -0.1) is 0 Å². The van der Waals surface area contributed by atoms with Gasteiger partial charge in [-0.05, 0) is 0 Å². The molecule has 0 fully saturated rings. The molecule has 0 aliphatic heterocycles. The molecule has 4 heavy (non-hydrogen) atoms. The van der Waals surface area contributed by atoms with Crippen molar-refractivity contribution in [2.75, 3.05) is 0 Å². The fraction of sp³-hybridized carbons (Fsp3) is 0. The van der Waals surface area contributed by atoms with E-state index in [1.807, 2.05) is 0 Å². The first kappa shape index (κ1) is 26.5. The third kappa shape index (κ3) is 9.01. The third-order valence-electron chi connectivity index (χ3n) is 0. The van der Waals surface area contributed by atoms with Crippen LogP contribution in [0.25, 0.3) is 0 Å². The first-order valence-electron chi connectivity index (χ1n) is 0.